The minimum atomic E-state index is -0.682. The van der Waals surface area contributed by atoms with Gasteiger partial charge in [-0.15, -0.1) is 11.3 Å². The van der Waals surface area contributed by atoms with Crippen molar-refractivity contribution in [1.82, 2.24) is 20.5 Å². The molecular weight excluding hydrogens is 547 g/mol. The van der Waals surface area contributed by atoms with Crippen molar-refractivity contribution in [3.63, 3.8) is 0 Å². The molecule has 3 amide bonds. The molecule has 0 spiro atoms. The molecule has 2 atom stereocenters. The standard InChI is InChI=1S/C30H25FN4O5S/c31-24-9-6-20-11-23(24)29(37)34-25-13-35(30(38)26-16-41-17-33-26)14-27(25)40-21-7-4-18(5-8-21)12-32-28(36)15-39-22-3-1-2-19(20)10-22/h1-11,16-17,25,27H,12-15H2,(H,32,36)(H,34,37)/t25-,27-/m0/s1. The van der Waals surface area contributed by atoms with Crippen LogP contribution in [0.5, 0.6) is 11.5 Å². The van der Waals surface area contributed by atoms with Crippen LogP contribution in [0.2, 0.25) is 0 Å². The molecule has 6 bridgehead atoms. The summed E-state index contributed by atoms with van der Waals surface area (Å²) in [5.74, 6) is -0.883. The van der Waals surface area contributed by atoms with E-state index in [-0.39, 0.29) is 37.1 Å². The number of carbonyl (C=O) groups excluding carboxylic acids is 3. The number of thiazole rings is 1. The van der Waals surface area contributed by atoms with E-state index in [2.05, 4.69) is 15.6 Å². The summed E-state index contributed by atoms with van der Waals surface area (Å²) in [6.07, 6.45) is -0.599. The molecule has 9 nitrogen and oxygen atoms in total. The molecule has 0 radical (unpaired) electrons. The highest BCUT2D eigenvalue weighted by molar-refractivity contribution is 7.07. The van der Waals surface area contributed by atoms with Crippen molar-refractivity contribution in [2.45, 2.75) is 18.7 Å². The number of hydrogen-bond donors (Lipinski definition) is 2. The van der Waals surface area contributed by atoms with E-state index in [0.717, 1.165) is 5.56 Å². The lowest BCUT2D eigenvalue weighted by molar-refractivity contribution is -0.123. The first-order valence-electron chi connectivity index (χ1n) is 13.0. The molecule has 2 N–H and O–H groups in total. The lowest BCUT2D eigenvalue weighted by atomic mass is 10.0. The number of likely N-dealkylation sites (tertiary alicyclic amines) is 1. The second-order valence-electron chi connectivity index (χ2n) is 9.75. The zero-order valence-electron chi connectivity index (χ0n) is 21.7. The molecule has 208 valence electrons. The number of carbonyl (C=O) groups is 3. The molecule has 4 aromatic rings. The molecule has 3 aliphatic rings. The van der Waals surface area contributed by atoms with E-state index in [0.29, 0.717) is 34.9 Å². The first kappa shape index (κ1) is 26.5. The van der Waals surface area contributed by atoms with Crippen LogP contribution in [0, 0.1) is 5.82 Å². The number of hydrogen-bond acceptors (Lipinski definition) is 7. The molecule has 41 heavy (non-hydrogen) atoms. The molecule has 1 aromatic heterocycles. The van der Waals surface area contributed by atoms with Gasteiger partial charge in [0.15, 0.2) is 6.61 Å². The lowest BCUT2D eigenvalue weighted by Gasteiger charge is -2.21. The van der Waals surface area contributed by atoms with Gasteiger partial charge >= 0.3 is 0 Å². The molecule has 7 rings (SSSR count). The molecule has 1 saturated heterocycles. The first-order chi connectivity index (χ1) is 19.9. The van der Waals surface area contributed by atoms with Crippen LogP contribution in [0.1, 0.15) is 26.4 Å². The zero-order chi connectivity index (χ0) is 28.3. The predicted octanol–water partition coefficient (Wildman–Crippen LogP) is 3.66. The Morgan fingerprint density at radius 1 is 1.00 bits per heavy atom. The molecule has 1 fully saturated rings. The van der Waals surface area contributed by atoms with Gasteiger partial charge in [0.25, 0.3) is 17.7 Å². The molecule has 3 aliphatic heterocycles. The van der Waals surface area contributed by atoms with Gasteiger partial charge in [-0.05, 0) is 53.1 Å². The van der Waals surface area contributed by atoms with Crippen LogP contribution in [0.3, 0.4) is 0 Å². The van der Waals surface area contributed by atoms with Crippen LogP contribution in [-0.4, -0.2) is 59.4 Å². The SMILES string of the molecule is O=C1COc2cccc(c2)-c2ccc(F)c(c2)C(=O)N[C@H]2CN(C(=O)c3cscn3)C[C@@H]2Oc2ccc(cc2)CN1. The van der Waals surface area contributed by atoms with Gasteiger partial charge in [0.1, 0.15) is 29.1 Å². The fourth-order valence-electron chi connectivity index (χ4n) is 4.83. The molecule has 4 heterocycles. The van der Waals surface area contributed by atoms with Gasteiger partial charge in [-0.1, -0.05) is 30.3 Å². The summed E-state index contributed by atoms with van der Waals surface area (Å²) in [4.78, 5) is 44.6. The Labute approximate surface area is 238 Å². The highest BCUT2D eigenvalue weighted by atomic mass is 32.1. The van der Waals surface area contributed by atoms with Gasteiger partial charge < -0.3 is 25.0 Å². The highest BCUT2D eigenvalue weighted by Gasteiger charge is 2.39. The maximum atomic E-state index is 14.9. The highest BCUT2D eigenvalue weighted by Crippen LogP contribution is 2.27. The van der Waals surface area contributed by atoms with Crippen LogP contribution in [0.25, 0.3) is 11.1 Å². The Morgan fingerprint density at radius 2 is 1.83 bits per heavy atom. The third-order valence-electron chi connectivity index (χ3n) is 6.97. The van der Waals surface area contributed by atoms with Gasteiger partial charge in [-0.2, -0.15) is 0 Å². The molecule has 11 heteroatoms. The molecule has 0 saturated carbocycles. The first-order valence-corrected chi connectivity index (χ1v) is 13.9. The fourth-order valence-corrected chi connectivity index (χ4v) is 5.36. The number of nitrogens with one attached hydrogen (secondary N) is 2. The third kappa shape index (κ3) is 5.90. The Balaban J connectivity index is 1.34. The number of benzene rings is 3. The monoisotopic (exact) mass is 572 g/mol. The summed E-state index contributed by atoms with van der Waals surface area (Å²) in [5.41, 5.74) is 3.89. The van der Waals surface area contributed by atoms with Gasteiger partial charge in [-0.3, -0.25) is 14.4 Å². The van der Waals surface area contributed by atoms with Crippen LogP contribution >= 0.6 is 11.3 Å². The van der Waals surface area contributed by atoms with Crippen LogP contribution < -0.4 is 20.1 Å². The van der Waals surface area contributed by atoms with Crippen LogP contribution in [-0.2, 0) is 11.3 Å². The fraction of sp³-hybridized carbons (Fsp3) is 0.200. The van der Waals surface area contributed by atoms with Gasteiger partial charge in [0.05, 0.1) is 23.7 Å². The van der Waals surface area contributed by atoms with Gasteiger partial charge in [-0.25, -0.2) is 9.37 Å². The maximum Gasteiger partial charge on any atom is 0.273 e. The van der Waals surface area contributed by atoms with E-state index in [1.165, 1.54) is 23.5 Å². The molecule has 0 aliphatic carbocycles. The smallest absolute Gasteiger partial charge is 0.273 e. The number of halogens is 1. The van der Waals surface area contributed by atoms with Crippen molar-refractivity contribution in [1.29, 1.82) is 0 Å². The largest absolute Gasteiger partial charge is 0.486 e. The van der Waals surface area contributed by atoms with Crippen LogP contribution in [0.4, 0.5) is 4.39 Å². The number of fused-ring (bicyclic) bond motifs is 7. The summed E-state index contributed by atoms with van der Waals surface area (Å²) in [7, 11) is 0. The maximum absolute atomic E-state index is 14.9. The zero-order valence-corrected chi connectivity index (χ0v) is 22.5. The summed E-state index contributed by atoms with van der Waals surface area (Å²) in [6, 6.07) is 17.8. The average molecular weight is 573 g/mol. The van der Waals surface area contributed by atoms with Crippen molar-refractivity contribution in [2.75, 3.05) is 19.7 Å². The minimum Gasteiger partial charge on any atom is -0.486 e. The van der Waals surface area contributed by atoms with E-state index >= 15 is 0 Å². The minimum absolute atomic E-state index is 0.144. The number of aromatic nitrogens is 1. The quantitative estimate of drug-likeness (QED) is 0.360. The van der Waals surface area contributed by atoms with E-state index in [1.807, 2.05) is 12.1 Å². The molecular formula is C30H25FN4O5S. The van der Waals surface area contributed by atoms with Crippen molar-refractivity contribution in [3.05, 3.63) is 100 Å². The van der Waals surface area contributed by atoms with Crippen molar-refractivity contribution in [3.8, 4) is 22.6 Å². The number of rotatable bonds is 1. The second kappa shape index (κ2) is 11.4. The number of ether oxygens (including phenoxy) is 2. The molecule has 3 aromatic carbocycles. The Kier molecular flexibility index (Phi) is 7.34. The second-order valence-corrected chi connectivity index (χ2v) is 10.5. The average Bonchev–Trinajstić information content (AvgIpc) is 3.66. The summed E-state index contributed by atoms with van der Waals surface area (Å²) >= 11 is 1.32. The van der Waals surface area contributed by atoms with Crippen molar-refractivity contribution < 1.29 is 28.2 Å². The summed E-state index contributed by atoms with van der Waals surface area (Å²) < 4.78 is 26.8. The van der Waals surface area contributed by atoms with Crippen molar-refractivity contribution in [2.24, 2.45) is 0 Å². The Hall–Kier alpha value is -4.77. The van der Waals surface area contributed by atoms with E-state index in [9.17, 15) is 18.8 Å². The number of nitrogens with zero attached hydrogens (tertiary/aromatic N) is 2. The number of amides is 3. The lowest BCUT2D eigenvalue weighted by Crippen LogP contribution is -2.45. The topological polar surface area (TPSA) is 110 Å². The van der Waals surface area contributed by atoms with Gasteiger partial charge in [0, 0.05) is 18.5 Å². The van der Waals surface area contributed by atoms with E-state index in [1.54, 1.807) is 58.3 Å². The normalized spacial score (nSPS) is 18.9. The predicted molar refractivity (Wildman–Crippen MR) is 149 cm³/mol. The molecule has 0 unspecified atom stereocenters. The summed E-state index contributed by atoms with van der Waals surface area (Å²) in [6.45, 7) is 0.492. The third-order valence-corrected chi connectivity index (χ3v) is 7.56. The van der Waals surface area contributed by atoms with E-state index < -0.39 is 23.9 Å². The van der Waals surface area contributed by atoms with Crippen LogP contribution in [0.15, 0.2) is 77.6 Å². The van der Waals surface area contributed by atoms with Crippen molar-refractivity contribution >= 4 is 29.1 Å². The Bertz CT molecular complexity index is 1590. The summed E-state index contributed by atoms with van der Waals surface area (Å²) in [5, 5.41) is 7.39. The van der Waals surface area contributed by atoms with E-state index in [4.69, 9.17) is 9.47 Å². The Morgan fingerprint density at radius 3 is 2.63 bits per heavy atom. The van der Waals surface area contributed by atoms with Gasteiger partial charge in [0.2, 0.25) is 0 Å².